The van der Waals surface area contributed by atoms with Gasteiger partial charge in [-0.3, -0.25) is 9.69 Å². The molecule has 2 N–H and O–H groups in total. The van der Waals surface area contributed by atoms with Crippen LogP contribution in [0, 0.1) is 11.6 Å². The van der Waals surface area contributed by atoms with E-state index in [-0.39, 0.29) is 29.6 Å². The molecular weight excluding hydrogens is 472 g/mol. The Labute approximate surface area is 216 Å². The van der Waals surface area contributed by atoms with Crippen molar-refractivity contribution >= 4 is 16.8 Å². The average Bonchev–Trinajstić information content (AvgIpc) is 3.52. The van der Waals surface area contributed by atoms with E-state index in [1.54, 1.807) is 18.2 Å². The van der Waals surface area contributed by atoms with Gasteiger partial charge in [0.15, 0.2) is 11.6 Å². The van der Waals surface area contributed by atoms with Gasteiger partial charge < -0.3 is 15.0 Å². The van der Waals surface area contributed by atoms with E-state index < -0.39 is 5.82 Å². The van der Waals surface area contributed by atoms with E-state index in [1.807, 2.05) is 6.20 Å². The first-order chi connectivity index (χ1) is 18.1. The second kappa shape index (κ2) is 10.4. The van der Waals surface area contributed by atoms with Crippen LogP contribution >= 0.6 is 0 Å². The van der Waals surface area contributed by atoms with Gasteiger partial charge in [-0.1, -0.05) is 19.3 Å². The smallest absolute Gasteiger partial charge is 0.251 e. The summed E-state index contributed by atoms with van der Waals surface area (Å²) in [4.78, 5) is 18.9. The van der Waals surface area contributed by atoms with Gasteiger partial charge in [0.05, 0.1) is 0 Å². The highest BCUT2D eigenvalue weighted by Crippen LogP contribution is 2.36. The highest BCUT2D eigenvalue weighted by atomic mass is 19.1. The van der Waals surface area contributed by atoms with Crippen LogP contribution in [-0.2, 0) is 12.8 Å². The summed E-state index contributed by atoms with van der Waals surface area (Å²) in [6.45, 7) is 1.31. The molecule has 196 valence electrons. The van der Waals surface area contributed by atoms with Gasteiger partial charge in [0.2, 0.25) is 0 Å². The van der Waals surface area contributed by atoms with Crippen LogP contribution in [-0.4, -0.2) is 47.1 Å². The number of fused-ring (bicyclic) bond motifs is 2. The van der Waals surface area contributed by atoms with Crippen molar-refractivity contribution in [3.63, 3.8) is 0 Å². The number of benzene rings is 2. The lowest BCUT2D eigenvalue weighted by molar-refractivity contribution is 0.0421. The van der Waals surface area contributed by atoms with Crippen LogP contribution in [0.3, 0.4) is 0 Å². The van der Waals surface area contributed by atoms with E-state index in [1.165, 1.54) is 18.6 Å². The third-order valence-electron chi connectivity index (χ3n) is 8.61. The van der Waals surface area contributed by atoms with Crippen molar-refractivity contribution in [3.8, 4) is 5.75 Å². The molecule has 3 aromatic rings. The molecule has 3 aliphatic rings. The van der Waals surface area contributed by atoms with E-state index in [9.17, 15) is 13.6 Å². The van der Waals surface area contributed by atoms with Gasteiger partial charge in [-0.15, -0.1) is 0 Å². The van der Waals surface area contributed by atoms with E-state index in [4.69, 9.17) is 4.74 Å². The Morgan fingerprint density at radius 1 is 1.05 bits per heavy atom. The van der Waals surface area contributed by atoms with Crippen molar-refractivity contribution in [2.75, 3.05) is 13.2 Å². The predicted molar refractivity (Wildman–Crippen MR) is 140 cm³/mol. The van der Waals surface area contributed by atoms with Crippen LogP contribution in [0.1, 0.15) is 72.9 Å². The molecule has 0 spiro atoms. The van der Waals surface area contributed by atoms with Crippen molar-refractivity contribution in [3.05, 3.63) is 64.9 Å². The maximum Gasteiger partial charge on any atom is 0.251 e. The van der Waals surface area contributed by atoms with Crippen molar-refractivity contribution < 1.29 is 18.3 Å². The molecule has 2 aliphatic carbocycles. The number of nitrogens with one attached hydrogen (secondary N) is 2. The lowest BCUT2D eigenvalue weighted by Gasteiger charge is -2.44. The largest absolute Gasteiger partial charge is 0.489 e. The summed E-state index contributed by atoms with van der Waals surface area (Å²) >= 11 is 0. The molecule has 1 amide bonds. The summed E-state index contributed by atoms with van der Waals surface area (Å²) in [7, 11) is 0. The molecule has 2 fully saturated rings. The Kier molecular flexibility index (Phi) is 6.89. The number of ether oxygens (including phenoxy) is 1. The summed E-state index contributed by atoms with van der Waals surface area (Å²) in [5.74, 6) is -0.492. The van der Waals surface area contributed by atoms with Gasteiger partial charge in [0.25, 0.3) is 5.91 Å². The first-order valence-corrected chi connectivity index (χ1v) is 13.8. The standard InChI is InChI=1S/C30H35F2N3O2/c31-20-10-13-28-25(15-20)19(17-33-28)5-4-14-35(22-8-3-9-22)23-16-26-24(11-12-27(32)29(26)37-18-23)30(36)34-21-6-1-2-7-21/h10-13,15,17,21-23,33H,1-9,14,16,18H2,(H,34,36). The number of aromatic amines is 1. The topological polar surface area (TPSA) is 57.4 Å². The summed E-state index contributed by atoms with van der Waals surface area (Å²) in [5, 5.41) is 4.11. The lowest BCUT2D eigenvalue weighted by atomic mass is 9.87. The molecule has 1 aromatic heterocycles. The van der Waals surface area contributed by atoms with E-state index in [2.05, 4.69) is 15.2 Å². The SMILES string of the molecule is O=C(NC1CCCC1)c1ccc(F)c2c1CC(N(CCCc1c[nH]c3ccc(F)cc13)C1CCC1)CO2. The van der Waals surface area contributed by atoms with Crippen molar-refractivity contribution in [1.29, 1.82) is 0 Å². The second-order valence-corrected chi connectivity index (χ2v) is 11.0. The molecule has 6 rings (SSSR count). The number of aromatic nitrogens is 1. The Hall–Kier alpha value is -2.93. The number of halogens is 2. The van der Waals surface area contributed by atoms with Crippen LogP contribution in [0.4, 0.5) is 8.78 Å². The molecule has 7 heteroatoms. The number of aryl methyl sites for hydroxylation is 1. The Morgan fingerprint density at radius 2 is 1.89 bits per heavy atom. The molecule has 0 saturated heterocycles. The number of H-pyrrole nitrogens is 1. The van der Waals surface area contributed by atoms with Crippen molar-refractivity contribution in [2.24, 2.45) is 0 Å². The van der Waals surface area contributed by atoms with Gasteiger partial charge in [-0.05, 0) is 87.4 Å². The van der Waals surface area contributed by atoms with Crippen LogP contribution in [0.5, 0.6) is 5.75 Å². The molecule has 2 heterocycles. The molecule has 1 atom stereocenters. The molecular formula is C30H35F2N3O2. The predicted octanol–water partition coefficient (Wildman–Crippen LogP) is 5.91. The summed E-state index contributed by atoms with van der Waals surface area (Å²) in [6.07, 6.45) is 12.2. The Balaban J connectivity index is 1.18. The molecule has 2 saturated carbocycles. The van der Waals surface area contributed by atoms with Crippen molar-refractivity contribution in [1.82, 2.24) is 15.2 Å². The number of hydrogen-bond donors (Lipinski definition) is 2. The molecule has 2 aromatic carbocycles. The minimum absolute atomic E-state index is 0.0954. The van der Waals surface area contributed by atoms with E-state index >= 15 is 0 Å². The third-order valence-corrected chi connectivity index (χ3v) is 8.61. The fraction of sp³-hybridized carbons (Fsp3) is 0.500. The number of rotatable bonds is 8. The fourth-order valence-electron chi connectivity index (χ4n) is 6.38. The fourth-order valence-corrected chi connectivity index (χ4v) is 6.38. The molecule has 5 nitrogen and oxygen atoms in total. The monoisotopic (exact) mass is 507 g/mol. The van der Waals surface area contributed by atoms with Crippen molar-refractivity contribution in [2.45, 2.75) is 82.3 Å². The highest BCUT2D eigenvalue weighted by molar-refractivity contribution is 5.96. The van der Waals surface area contributed by atoms with Crippen LogP contribution in [0.2, 0.25) is 0 Å². The molecule has 1 unspecified atom stereocenters. The minimum atomic E-state index is -0.396. The van der Waals surface area contributed by atoms with Gasteiger partial charge in [-0.25, -0.2) is 8.78 Å². The zero-order valence-electron chi connectivity index (χ0n) is 21.2. The van der Waals surface area contributed by atoms with Crippen LogP contribution < -0.4 is 10.1 Å². The third kappa shape index (κ3) is 4.98. The minimum Gasteiger partial charge on any atom is -0.489 e. The maximum absolute atomic E-state index is 14.7. The molecule has 0 radical (unpaired) electrons. The lowest BCUT2D eigenvalue weighted by Crippen LogP contribution is -2.52. The first-order valence-electron chi connectivity index (χ1n) is 13.8. The normalized spacial score (nSPS) is 20.1. The van der Waals surface area contributed by atoms with Gasteiger partial charge in [0.1, 0.15) is 12.4 Å². The average molecular weight is 508 g/mol. The number of amides is 1. The zero-order valence-corrected chi connectivity index (χ0v) is 21.2. The van der Waals surface area contributed by atoms with E-state index in [0.29, 0.717) is 30.2 Å². The number of carbonyl (C=O) groups is 1. The molecule has 37 heavy (non-hydrogen) atoms. The first kappa shape index (κ1) is 24.4. The maximum atomic E-state index is 14.7. The van der Waals surface area contributed by atoms with E-state index in [0.717, 1.165) is 74.4 Å². The summed E-state index contributed by atoms with van der Waals surface area (Å²) < 4.78 is 34.5. The molecule has 0 bridgehead atoms. The molecule has 1 aliphatic heterocycles. The number of carbonyl (C=O) groups excluding carboxylic acids is 1. The number of nitrogens with zero attached hydrogens (tertiary/aromatic N) is 1. The summed E-state index contributed by atoms with van der Waals surface area (Å²) in [5.41, 5.74) is 3.32. The zero-order chi connectivity index (χ0) is 25.4. The Morgan fingerprint density at radius 3 is 2.68 bits per heavy atom. The van der Waals surface area contributed by atoms with Crippen LogP contribution in [0.15, 0.2) is 36.5 Å². The second-order valence-electron chi connectivity index (χ2n) is 11.0. The highest BCUT2D eigenvalue weighted by Gasteiger charge is 2.36. The Bertz CT molecular complexity index is 1280. The van der Waals surface area contributed by atoms with Gasteiger partial charge in [-0.2, -0.15) is 0 Å². The van der Waals surface area contributed by atoms with Gasteiger partial charge in [0, 0.05) is 46.4 Å². The number of hydrogen-bond acceptors (Lipinski definition) is 3. The quantitative estimate of drug-likeness (QED) is 0.399. The van der Waals surface area contributed by atoms with Crippen LogP contribution in [0.25, 0.3) is 10.9 Å². The summed E-state index contributed by atoms with van der Waals surface area (Å²) in [6, 6.07) is 8.63. The van der Waals surface area contributed by atoms with Gasteiger partial charge >= 0.3 is 0 Å².